The van der Waals surface area contributed by atoms with Crippen LogP contribution in [0.2, 0.25) is 0 Å². The van der Waals surface area contributed by atoms with Crippen LogP contribution in [0.15, 0.2) is 0 Å². The number of nitrogens with zero attached hydrogens (tertiary/aromatic N) is 3. The van der Waals surface area contributed by atoms with Gasteiger partial charge in [-0.05, 0) is 20.3 Å². The third-order valence-corrected chi connectivity index (χ3v) is 2.37. The van der Waals surface area contributed by atoms with Crippen molar-refractivity contribution in [1.29, 1.82) is 0 Å². The largest absolute Gasteiger partial charge is 0.319 e. The van der Waals surface area contributed by atoms with Crippen LogP contribution in [0.3, 0.4) is 0 Å². The summed E-state index contributed by atoms with van der Waals surface area (Å²) in [7, 11) is 1.95. The number of aryl methyl sites for hydroxylation is 1. The molecule has 2 N–H and O–H groups in total. The molecule has 0 spiro atoms. The normalized spacial score (nSPS) is 15.8. The Morgan fingerprint density at radius 3 is 2.46 bits per heavy atom. The maximum Gasteiger partial charge on any atom is 0.152 e. The Balaban J connectivity index is 2.99. The molecule has 1 rings (SSSR count). The van der Waals surface area contributed by atoms with Crippen molar-refractivity contribution < 1.29 is 0 Å². The van der Waals surface area contributed by atoms with Crippen molar-refractivity contribution in [2.45, 2.75) is 39.2 Å². The fourth-order valence-electron chi connectivity index (χ4n) is 1.54. The molecule has 0 saturated carbocycles. The molecule has 0 bridgehead atoms. The molecule has 1 aromatic heterocycles. The number of rotatable bonds is 3. The van der Waals surface area contributed by atoms with Gasteiger partial charge in [0.2, 0.25) is 0 Å². The highest BCUT2D eigenvalue weighted by molar-refractivity contribution is 5.05. The van der Waals surface area contributed by atoms with Crippen molar-refractivity contribution in [3.63, 3.8) is 0 Å². The lowest BCUT2D eigenvalue weighted by atomic mass is 9.97. The van der Waals surface area contributed by atoms with E-state index in [0.717, 1.165) is 24.5 Å². The van der Waals surface area contributed by atoms with Crippen LogP contribution >= 0.6 is 0 Å². The van der Waals surface area contributed by atoms with Crippen molar-refractivity contribution in [2.24, 2.45) is 12.8 Å². The van der Waals surface area contributed by atoms with Crippen molar-refractivity contribution in [3.05, 3.63) is 11.6 Å². The van der Waals surface area contributed by atoms with Crippen LogP contribution in [-0.4, -0.2) is 14.8 Å². The zero-order valence-corrected chi connectivity index (χ0v) is 8.83. The van der Waals surface area contributed by atoms with E-state index in [-0.39, 0.29) is 5.54 Å². The van der Waals surface area contributed by atoms with E-state index in [0.29, 0.717) is 0 Å². The first-order valence-corrected chi connectivity index (χ1v) is 4.64. The Morgan fingerprint density at radius 2 is 2.08 bits per heavy atom. The number of hydrogen-bond acceptors (Lipinski definition) is 3. The van der Waals surface area contributed by atoms with Crippen molar-refractivity contribution >= 4 is 0 Å². The van der Waals surface area contributed by atoms with Gasteiger partial charge in [0.05, 0.1) is 5.54 Å². The zero-order chi connectivity index (χ0) is 10.1. The molecular formula is C9H18N4. The van der Waals surface area contributed by atoms with Gasteiger partial charge in [-0.1, -0.05) is 13.3 Å². The summed E-state index contributed by atoms with van der Waals surface area (Å²) in [5.41, 5.74) is 5.78. The third-order valence-electron chi connectivity index (χ3n) is 2.37. The number of nitrogens with two attached hydrogens (primary N) is 1. The smallest absolute Gasteiger partial charge is 0.152 e. The van der Waals surface area contributed by atoms with Crippen LogP contribution in [0.25, 0.3) is 0 Å². The monoisotopic (exact) mass is 182 g/mol. The van der Waals surface area contributed by atoms with Crippen LogP contribution in [-0.2, 0) is 12.6 Å². The summed E-state index contributed by atoms with van der Waals surface area (Å²) < 4.78 is 1.95. The van der Waals surface area contributed by atoms with E-state index in [1.165, 1.54) is 0 Å². The molecule has 0 aromatic carbocycles. The first-order chi connectivity index (χ1) is 5.99. The van der Waals surface area contributed by atoms with E-state index in [4.69, 9.17) is 5.73 Å². The summed E-state index contributed by atoms with van der Waals surface area (Å²) in [4.78, 5) is 0. The van der Waals surface area contributed by atoms with Gasteiger partial charge in [0.1, 0.15) is 5.82 Å². The topological polar surface area (TPSA) is 56.7 Å². The van der Waals surface area contributed by atoms with Crippen molar-refractivity contribution in [1.82, 2.24) is 14.8 Å². The molecular weight excluding hydrogens is 164 g/mol. The van der Waals surface area contributed by atoms with Crippen LogP contribution in [0.4, 0.5) is 0 Å². The second kappa shape index (κ2) is 3.46. The van der Waals surface area contributed by atoms with Gasteiger partial charge in [-0.25, -0.2) is 0 Å². The van der Waals surface area contributed by atoms with Gasteiger partial charge in [0.25, 0.3) is 0 Å². The molecule has 0 aliphatic rings. The minimum Gasteiger partial charge on any atom is -0.319 e. The Bertz CT molecular complexity index is 288. The highest BCUT2D eigenvalue weighted by Gasteiger charge is 2.25. The van der Waals surface area contributed by atoms with Gasteiger partial charge >= 0.3 is 0 Å². The van der Waals surface area contributed by atoms with Gasteiger partial charge in [-0.3, -0.25) is 0 Å². The zero-order valence-electron chi connectivity index (χ0n) is 8.83. The van der Waals surface area contributed by atoms with Crippen LogP contribution < -0.4 is 5.73 Å². The Labute approximate surface area is 79.2 Å². The summed E-state index contributed by atoms with van der Waals surface area (Å²) in [5, 5.41) is 8.09. The summed E-state index contributed by atoms with van der Waals surface area (Å²) in [5.74, 6) is 1.77. The maximum atomic E-state index is 6.14. The highest BCUT2D eigenvalue weighted by Crippen LogP contribution is 2.20. The van der Waals surface area contributed by atoms with Gasteiger partial charge in [0.15, 0.2) is 5.82 Å². The van der Waals surface area contributed by atoms with E-state index in [1.807, 2.05) is 25.5 Å². The van der Waals surface area contributed by atoms with E-state index < -0.39 is 0 Å². The third kappa shape index (κ3) is 1.88. The number of aromatic nitrogens is 3. The predicted molar refractivity (Wildman–Crippen MR) is 52.2 cm³/mol. The lowest BCUT2D eigenvalue weighted by Crippen LogP contribution is -2.35. The molecule has 0 aliphatic heterocycles. The average molecular weight is 182 g/mol. The Morgan fingerprint density at radius 1 is 1.46 bits per heavy atom. The first-order valence-electron chi connectivity index (χ1n) is 4.64. The minimum absolute atomic E-state index is 0.356. The molecule has 0 fully saturated rings. The molecule has 0 radical (unpaired) electrons. The molecule has 13 heavy (non-hydrogen) atoms. The quantitative estimate of drug-likeness (QED) is 0.761. The molecule has 4 nitrogen and oxygen atoms in total. The highest BCUT2D eigenvalue weighted by atomic mass is 15.3. The van der Waals surface area contributed by atoms with E-state index in [1.54, 1.807) is 0 Å². The summed E-state index contributed by atoms with van der Waals surface area (Å²) in [6.45, 7) is 6.05. The standard InChI is InChI=1S/C9H18N4/c1-5-6-9(3,10)8-12-11-7(2)13(8)4/h5-6,10H2,1-4H3. The SMILES string of the molecule is CCCC(C)(N)c1nnc(C)n1C. The van der Waals surface area contributed by atoms with Crippen LogP contribution in [0.5, 0.6) is 0 Å². The molecule has 1 unspecified atom stereocenters. The second-order valence-corrected chi connectivity index (χ2v) is 3.80. The molecule has 0 amide bonds. The fraction of sp³-hybridized carbons (Fsp3) is 0.778. The average Bonchev–Trinajstić information content (AvgIpc) is 2.33. The number of hydrogen-bond donors (Lipinski definition) is 1. The Hall–Kier alpha value is -0.900. The van der Waals surface area contributed by atoms with Gasteiger partial charge < -0.3 is 10.3 Å². The van der Waals surface area contributed by atoms with Gasteiger partial charge in [0, 0.05) is 7.05 Å². The Kier molecular flexibility index (Phi) is 2.71. The first kappa shape index (κ1) is 10.2. The van der Waals surface area contributed by atoms with E-state index in [2.05, 4.69) is 17.1 Å². The second-order valence-electron chi connectivity index (χ2n) is 3.80. The van der Waals surface area contributed by atoms with E-state index in [9.17, 15) is 0 Å². The minimum atomic E-state index is -0.356. The van der Waals surface area contributed by atoms with Gasteiger partial charge in [-0.2, -0.15) is 0 Å². The van der Waals surface area contributed by atoms with Crippen molar-refractivity contribution in [2.75, 3.05) is 0 Å². The molecule has 1 heterocycles. The van der Waals surface area contributed by atoms with Gasteiger partial charge in [-0.15, -0.1) is 10.2 Å². The molecule has 1 aromatic rings. The maximum absolute atomic E-state index is 6.14. The molecule has 0 aliphatic carbocycles. The lowest BCUT2D eigenvalue weighted by molar-refractivity contribution is 0.405. The summed E-state index contributed by atoms with van der Waals surface area (Å²) in [6, 6.07) is 0. The molecule has 1 atom stereocenters. The predicted octanol–water partition coefficient (Wildman–Crippen LogP) is 1.10. The molecule has 0 saturated heterocycles. The van der Waals surface area contributed by atoms with E-state index >= 15 is 0 Å². The summed E-state index contributed by atoms with van der Waals surface area (Å²) in [6.07, 6.45) is 1.98. The van der Waals surface area contributed by atoms with Crippen LogP contribution in [0.1, 0.15) is 38.3 Å². The lowest BCUT2D eigenvalue weighted by Gasteiger charge is -2.22. The van der Waals surface area contributed by atoms with Crippen molar-refractivity contribution in [3.8, 4) is 0 Å². The fourth-order valence-corrected chi connectivity index (χ4v) is 1.54. The van der Waals surface area contributed by atoms with Crippen LogP contribution in [0, 0.1) is 6.92 Å². The molecule has 4 heteroatoms. The molecule has 74 valence electrons. The summed E-state index contributed by atoms with van der Waals surface area (Å²) >= 11 is 0.